The molecule has 0 aliphatic carbocycles. The monoisotopic (exact) mass is 288 g/mol. The van der Waals surface area contributed by atoms with Crippen LogP contribution < -0.4 is 0 Å². The molecule has 0 saturated carbocycles. The number of halogens is 2. The molecule has 0 bridgehead atoms. The minimum absolute atomic E-state index is 0.230. The second-order valence-corrected chi connectivity index (χ2v) is 4.62. The van der Waals surface area contributed by atoms with Gasteiger partial charge in [-0.2, -0.15) is 0 Å². The maximum Gasteiger partial charge on any atom is 0.137 e. The van der Waals surface area contributed by atoms with E-state index in [0.717, 1.165) is 18.6 Å². The zero-order chi connectivity index (χ0) is 11.8. The molecule has 0 atom stereocenters. The van der Waals surface area contributed by atoms with Crippen LogP contribution in [0.3, 0.4) is 0 Å². The molecule has 3 heteroatoms. The van der Waals surface area contributed by atoms with Crippen LogP contribution in [0.4, 0.5) is 4.39 Å². The summed E-state index contributed by atoms with van der Waals surface area (Å²) >= 11 is 3.22. The molecule has 0 saturated heterocycles. The summed E-state index contributed by atoms with van der Waals surface area (Å²) in [4.78, 5) is 0. The summed E-state index contributed by atoms with van der Waals surface area (Å²) in [6.45, 7) is 3.41. The van der Waals surface area contributed by atoms with E-state index in [4.69, 9.17) is 4.74 Å². The van der Waals surface area contributed by atoms with E-state index in [-0.39, 0.29) is 5.82 Å². The molecule has 90 valence electrons. The predicted octanol–water partition coefficient (Wildman–Crippen LogP) is 4.69. The van der Waals surface area contributed by atoms with Gasteiger partial charge in [0, 0.05) is 6.61 Å². The van der Waals surface area contributed by atoms with Crippen LogP contribution >= 0.6 is 15.9 Å². The highest BCUT2D eigenvalue weighted by Gasteiger charge is 2.04. The minimum Gasteiger partial charge on any atom is -0.377 e. The van der Waals surface area contributed by atoms with Crippen molar-refractivity contribution in [2.45, 2.75) is 39.2 Å². The summed E-state index contributed by atoms with van der Waals surface area (Å²) in [6.07, 6.45) is 4.78. The molecule has 0 aliphatic heterocycles. The molecule has 0 aromatic heterocycles. The van der Waals surface area contributed by atoms with Crippen molar-refractivity contribution in [1.29, 1.82) is 0 Å². The molecule has 0 N–H and O–H groups in total. The van der Waals surface area contributed by atoms with Gasteiger partial charge in [0.1, 0.15) is 5.82 Å². The number of unbranched alkanes of at least 4 members (excludes halogenated alkanes) is 3. The number of hydrogen-bond acceptors (Lipinski definition) is 1. The Balaban J connectivity index is 2.24. The molecule has 16 heavy (non-hydrogen) atoms. The normalized spacial score (nSPS) is 10.7. The molecule has 0 unspecified atom stereocenters. The summed E-state index contributed by atoms with van der Waals surface area (Å²) < 4.78 is 19.2. The lowest BCUT2D eigenvalue weighted by Gasteiger charge is -2.06. The Bertz CT molecular complexity index is 315. The maximum atomic E-state index is 13.2. The van der Waals surface area contributed by atoms with Crippen molar-refractivity contribution in [3.8, 4) is 0 Å². The fourth-order valence-electron chi connectivity index (χ4n) is 1.47. The number of benzene rings is 1. The van der Waals surface area contributed by atoms with Crippen molar-refractivity contribution in [1.82, 2.24) is 0 Å². The fourth-order valence-corrected chi connectivity index (χ4v) is 1.85. The Morgan fingerprint density at radius 3 is 2.81 bits per heavy atom. The van der Waals surface area contributed by atoms with E-state index in [9.17, 15) is 4.39 Å². The third kappa shape index (κ3) is 4.62. The lowest BCUT2D eigenvalue weighted by Crippen LogP contribution is -1.97. The highest BCUT2D eigenvalue weighted by Crippen LogP contribution is 2.21. The Labute approximate surface area is 105 Å². The van der Waals surface area contributed by atoms with Crippen LogP contribution in [0.25, 0.3) is 0 Å². The van der Waals surface area contributed by atoms with Gasteiger partial charge in [0.05, 0.1) is 11.1 Å². The second-order valence-electron chi connectivity index (χ2n) is 3.83. The lowest BCUT2D eigenvalue weighted by molar-refractivity contribution is 0.116. The van der Waals surface area contributed by atoms with E-state index in [2.05, 4.69) is 22.9 Å². The molecule has 0 aliphatic rings. The summed E-state index contributed by atoms with van der Waals surface area (Å²) in [7, 11) is 0. The highest BCUT2D eigenvalue weighted by molar-refractivity contribution is 9.10. The molecule has 0 heterocycles. The summed E-state index contributed by atoms with van der Waals surface area (Å²) in [5.74, 6) is -0.230. The first-order chi connectivity index (χ1) is 7.75. The van der Waals surface area contributed by atoms with Crippen molar-refractivity contribution in [2.75, 3.05) is 6.61 Å². The van der Waals surface area contributed by atoms with Crippen LogP contribution in [-0.4, -0.2) is 6.61 Å². The zero-order valence-corrected chi connectivity index (χ0v) is 11.2. The van der Waals surface area contributed by atoms with Crippen LogP contribution in [0.2, 0.25) is 0 Å². The van der Waals surface area contributed by atoms with E-state index in [1.54, 1.807) is 6.07 Å². The van der Waals surface area contributed by atoms with Crippen LogP contribution in [0.15, 0.2) is 22.7 Å². The van der Waals surface area contributed by atoms with Crippen LogP contribution in [0, 0.1) is 5.82 Å². The first kappa shape index (κ1) is 13.7. The van der Waals surface area contributed by atoms with Gasteiger partial charge in [-0.15, -0.1) is 0 Å². The van der Waals surface area contributed by atoms with Crippen molar-refractivity contribution >= 4 is 15.9 Å². The predicted molar refractivity (Wildman–Crippen MR) is 67.9 cm³/mol. The molecule has 0 fully saturated rings. The minimum atomic E-state index is -0.230. The topological polar surface area (TPSA) is 9.23 Å². The Kier molecular flexibility index (Phi) is 6.65. The van der Waals surface area contributed by atoms with Gasteiger partial charge in [0.15, 0.2) is 0 Å². The van der Waals surface area contributed by atoms with Crippen LogP contribution in [0.1, 0.15) is 38.2 Å². The van der Waals surface area contributed by atoms with Gasteiger partial charge in [-0.3, -0.25) is 0 Å². The van der Waals surface area contributed by atoms with Crippen molar-refractivity contribution in [3.05, 3.63) is 34.1 Å². The maximum absolute atomic E-state index is 13.2. The molecule has 0 spiro atoms. The second kappa shape index (κ2) is 7.80. The molecule has 0 amide bonds. The number of rotatable bonds is 7. The van der Waals surface area contributed by atoms with E-state index >= 15 is 0 Å². The summed E-state index contributed by atoms with van der Waals surface area (Å²) in [5.41, 5.74) is 0.871. The quantitative estimate of drug-likeness (QED) is 0.662. The van der Waals surface area contributed by atoms with E-state index in [0.29, 0.717) is 11.1 Å². The SMILES string of the molecule is CCCCCCOCc1cccc(F)c1Br. The van der Waals surface area contributed by atoms with Gasteiger partial charge in [-0.1, -0.05) is 38.3 Å². The Hall–Kier alpha value is -0.410. The fraction of sp³-hybridized carbons (Fsp3) is 0.538. The zero-order valence-electron chi connectivity index (χ0n) is 9.64. The van der Waals surface area contributed by atoms with Crippen molar-refractivity contribution < 1.29 is 9.13 Å². The average molecular weight is 289 g/mol. The number of ether oxygens (including phenoxy) is 1. The first-order valence-electron chi connectivity index (χ1n) is 5.76. The summed E-state index contributed by atoms with van der Waals surface area (Å²) in [6, 6.07) is 5.02. The Morgan fingerprint density at radius 1 is 1.25 bits per heavy atom. The van der Waals surface area contributed by atoms with Gasteiger partial charge >= 0.3 is 0 Å². The van der Waals surface area contributed by atoms with Gasteiger partial charge in [0.25, 0.3) is 0 Å². The molecule has 1 aromatic rings. The smallest absolute Gasteiger partial charge is 0.137 e. The van der Waals surface area contributed by atoms with E-state index < -0.39 is 0 Å². The molecule has 0 radical (unpaired) electrons. The lowest BCUT2D eigenvalue weighted by atomic mass is 10.2. The average Bonchev–Trinajstić information content (AvgIpc) is 2.29. The third-order valence-electron chi connectivity index (χ3n) is 2.43. The molecular weight excluding hydrogens is 271 g/mol. The van der Waals surface area contributed by atoms with Gasteiger partial charge in [-0.25, -0.2) is 4.39 Å². The van der Waals surface area contributed by atoms with Crippen LogP contribution in [-0.2, 0) is 11.3 Å². The van der Waals surface area contributed by atoms with E-state index in [1.165, 1.54) is 25.3 Å². The van der Waals surface area contributed by atoms with Gasteiger partial charge in [0.2, 0.25) is 0 Å². The van der Waals surface area contributed by atoms with Gasteiger partial charge < -0.3 is 4.74 Å². The Morgan fingerprint density at radius 2 is 2.06 bits per heavy atom. The molecule has 1 nitrogen and oxygen atoms in total. The largest absolute Gasteiger partial charge is 0.377 e. The first-order valence-corrected chi connectivity index (χ1v) is 6.55. The van der Waals surface area contributed by atoms with Crippen molar-refractivity contribution in [2.24, 2.45) is 0 Å². The van der Waals surface area contributed by atoms with Crippen molar-refractivity contribution in [3.63, 3.8) is 0 Å². The molecule has 1 aromatic carbocycles. The standard InChI is InChI=1S/C13H18BrFO/c1-2-3-4-5-9-16-10-11-7-6-8-12(15)13(11)14/h6-8H,2-5,9-10H2,1H3. The number of hydrogen-bond donors (Lipinski definition) is 0. The third-order valence-corrected chi connectivity index (χ3v) is 3.32. The van der Waals surface area contributed by atoms with Gasteiger partial charge in [-0.05, 0) is 34.0 Å². The highest BCUT2D eigenvalue weighted by atomic mass is 79.9. The molecule has 1 rings (SSSR count). The van der Waals surface area contributed by atoms with Crippen LogP contribution in [0.5, 0.6) is 0 Å². The molecular formula is C13H18BrFO. The summed E-state index contributed by atoms with van der Waals surface area (Å²) in [5, 5.41) is 0. The van der Waals surface area contributed by atoms with E-state index in [1.807, 2.05) is 6.07 Å².